The SMILES string of the molecule is c1ccc(-c2cccc(N(c3ccccc3)c3cccc4c3-c3ccccc3C43CC4CCC3C4)c2)cc1. The third-order valence-corrected chi connectivity index (χ3v) is 9.52. The lowest BCUT2D eigenvalue weighted by molar-refractivity contribution is 0.327. The molecule has 5 aromatic carbocycles. The highest BCUT2D eigenvalue weighted by Gasteiger charge is 2.57. The van der Waals surface area contributed by atoms with E-state index in [1.54, 1.807) is 11.1 Å². The predicted octanol–water partition coefficient (Wildman–Crippen LogP) is 9.91. The third-order valence-electron chi connectivity index (χ3n) is 9.52. The molecule has 0 radical (unpaired) electrons. The number of rotatable bonds is 4. The minimum absolute atomic E-state index is 0.180. The van der Waals surface area contributed by atoms with Crippen LogP contribution in [0.1, 0.15) is 36.8 Å². The van der Waals surface area contributed by atoms with Gasteiger partial charge in [-0.2, -0.15) is 0 Å². The van der Waals surface area contributed by atoms with Crippen LogP contribution in [0.2, 0.25) is 0 Å². The average Bonchev–Trinajstić information content (AvgIpc) is 3.68. The van der Waals surface area contributed by atoms with Crippen molar-refractivity contribution in [1.82, 2.24) is 0 Å². The van der Waals surface area contributed by atoms with E-state index in [1.165, 1.54) is 65.0 Å². The molecule has 0 amide bonds. The number of hydrogen-bond donors (Lipinski definition) is 0. The molecule has 1 nitrogen and oxygen atoms in total. The predicted molar refractivity (Wildman–Crippen MR) is 158 cm³/mol. The maximum Gasteiger partial charge on any atom is 0.0543 e. The molecule has 3 aliphatic rings. The van der Waals surface area contributed by atoms with Gasteiger partial charge in [-0.3, -0.25) is 0 Å². The number of fused-ring (bicyclic) bond motifs is 8. The van der Waals surface area contributed by atoms with Crippen LogP contribution in [-0.4, -0.2) is 0 Å². The van der Waals surface area contributed by atoms with Crippen molar-refractivity contribution < 1.29 is 0 Å². The first-order chi connectivity index (χ1) is 18.8. The molecule has 8 rings (SSSR count). The van der Waals surface area contributed by atoms with Gasteiger partial charge in [0.15, 0.2) is 0 Å². The number of benzene rings is 5. The van der Waals surface area contributed by atoms with Gasteiger partial charge >= 0.3 is 0 Å². The summed E-state index contributed by atoms with van der Waals surface area (Å²) in [6.45, 7) is 0. The Morgan fingerprint density at radius 1 is 0.579 bits per heavy atom. The van der Waals surface area contributed by atoms with Crippen LogP contribution < -0.4 is 4.90 Å². The fraction of sp³-hybridized carbons (Fsp3) is 0.189. The molecule has 184 valence electrons. The molecular weight excluding hydrogens is 458 g/mol. The molecule has 0 aromatic heterocycles. The molecule has 3 unspecified atom stereocenters. The summed E-state index contributed by atoms with van der Waals surface area (Å²) in [6, 6.07) is 47.0. The van der Waals surface area contributed by atoms with Gasteiger partial charge in [-0.15, -0.1) is 0 Å². The first kappa shape index (κ1) is 21.9. The monoisotopic (exact) mass is 489 g/mol. The van der Waals surface area contributed by atoms with Gasteiger partial charge in [0.25, 0.3) is 0 Å². The van der Waals surface area contributed by atoms with Crippen molar-refractivity contribution in [1.29, 1.82) is 0 Å². The molecule has 2 saturated carbocycles. The van der Waals surface area contributed by atoms with Crippen molar-refractivity contribution in [3.8, 4) is 22.3 Å². The molecule has 2 fully saturated rings. The van der Waals surface area contributed by atoms with Gasteiger partial charge in [-0.25, -0.2) is 0 Å². The zero-order valence-electron chi connectivity index (χ0n) is 21.6. The molecule has 5 aromatic rings. The van der Waals surface area contributed by atoms with Crippen LogP contribution in [0.25, 0.3) is 22.3 Å². The summed E-state index contributed by atoms with van der Waals surface area (Å²) in [5, 5.41) is 0. The van der Waals surface area contributed by atoms with E-state index in [4.69, 9.17) is 0 Å². The maximum atomic E-state index is 2.48. The maximum absolute atomic E-state index is 2.48. The highest BCUT2D eigenvalue weighted by Crippen LogP contribution is 2.67. The topological polar surface area (TPSA) is 3.24 Å². The van der Waals surface area contributed by atoms with Gasteiger partial charge < -0.3 is 4.90 Å². The summed E-state index contributed by atoms with van der Waals surface area (Å²) in [4.78, 5) is 2.48. The second kappa shape index (κ2) is 8.46. The molecule has 2 bridgehead atoms. The summed E-state index contributed by atoms with van der Waals surface area (Å²) >= 11 is 0. The van der Waals surface area contributed by atoms with Crippen molar-refractivity contribution in [2.24, 2.45) is 11.8 Å². The first-order valence-corrected chi connectivity index (χ1v) is 14.1. The van der Waals surface area contributed by atoms with Gasteiger partial charge in [0.1, 0.15) is 0 Å². The molecule has 3 aliphatic carbocycles. The van der Waals surface area contributed by atoms with Crippen molar-refractivity contribution >= 4 is 17.1 Å². The van der Waals surface area contributed by atoms with E-state index in [0.29, 0.717) is 0 Å². The van der Waals surface area contributed by atoms with Crippen LogP contribution in [0, 0.1) is 11.8 Å². The van der Waals surface area contributed by atoms with Crippen LogP contribution in [0.5, 0.6) is 0 Å². The smallest absolute Gasteiger partial charge is 0.0543 e. The van der Waals surface area contributed by atoms with Gasteiger partial charge in [0, 0.05) is 22.4 Å². The van der Waals surface area contributed by atoms with Gasteiger partial charge in [0.2, 0.25) is 0 Å². The third kappa shape index (κ3) is 3.11. The summed E-state index contributed by atoms with van der Waals surface area (Å²) < 4.78 is 0. The van der Waals surface area contributed by atoms with E-state index >= 15 is 0 Å². The Balaban J connectivity index is 1.37. The lowest BCUT2D eigenvalue weighted by atomic mass is 9.67. The van der Waals surface area contributed by atoms with Gasteiger partial charge in [-0.05, 0) is 89.2 Å². The number of anilines is 3. The lowest BCUT2D eigenvalue weighted by Crippen LogP contribution is -2.31. The lowest BCUT2D eigenvalue weighted by Gasteiger charge is -2.37. The van der Waals surface area contributed by atoms with Gasteiger partial charge in [0.05, 0.1) is 5.69 Å². The quantitative estimate of drug-likeness (QED) is 0.243. The van der Waals surface area contributed by atoms with Crippen LogP contribution in [0.3, 0.4) is 0 Å². The van der Waals surface area contributed by atoms with Crippen molar-refractivity contribution in [3.05, 3.63) is 139 Å². The molecule has 3 atom stereocenters. The van der Waals surface area contributed by atoms with Crippen LogP contribution in [0.15, 0.2) is 127 Å². The van der Waals surface area contributed by atoms with Crippen LogP contribution >= 0.6 is 0 Å². The average molecular weight is 490 g/mol. The molecular formula is C37H31N. The standard InChI is InChI=1S/C37H31N/c1-3-11-27(12-4-1)28-13-9-16-31(24-28)38(30-14-5-2-6-15-30)35-20-10-19-34-36(35)32-17-7-8-18-33(32)37(34)25-26-21-22-29(37)23-26/h1-20,24,26,29H,21-23,25H2. The second-order valence-corrected chi connectivity index (χ2v) is 11.4. The van der Waals surface area contributed by atoms with Crippen LogP contribution in [-0.2, 0) is 5.41 Å². The second-order valence-electron chi connectivity index (χ2n) is 11.4. The van der Waals surface area contributed by atoms with Crippen molar-refractivity contribution in [2.45, 2.75) is 31.1 Å². The van der Waals surface area contributed by atoms with Crippen molar-refractivity contribution in [2.75, 3.05) is 4.90 Å². The Hall–Kier alpha value is -4.10. The molecule has 38 heavy (non-hydrogen) atoms. The van der Waals surface area contributed by atoms with E-state index in [1.807, 2.05) is 0 Å². The summed E-state index contributed by atoms with van der Waals surface area (Å²) in [5.41, 5.74) is 12.3. The molecule has 0 N–H and O–H groups in total. The minimum Gasteiger partial charge on any atom is -0.310 e. The fourth-order valence-corrected chi connectivity index (χ4v) is 8.07. The molecule has 1 spiro atoms. The van der Waals surface area contributed by atoms with Gasteiger partial charge in [-0.1, -0.05) is 103 Å². The number of hydrogen-bond acceptors (Lipinski definition) is 1. The minimum atomic E-state index is 0.180. The van der Waals surface area contributed by atoms with Crippen LogP contribution in [0.4, 0.5) is 17.1 Å². The zero-order chi connectivity index (χ0) is 25.1. The largest absolute Gasteiger partial charge is 0.310 e. The number of para-hydroxylation sites is 1. The van der Waals surface area contributed by atoms with E-state index < -0.39 is 0 Å². The molecule has 0 saturated heterocycles. The molecule has 0 heterocycles. The Morgan fingerprint density at radius 3 is 2.05 bits per heavy atom. The Morgan fingerprint density at radius 2 is 1.26 bits per heavy atom. The normalized spacial score (nSPS) is 22.4. The van der Waals surface area contributed by atoms with E-state index in [-0.39, 0.29) is 5.41 Å². The summed E-state index contributed by atoms with van der Waals surface area (Å²) in [7, 11) is 0. The van der Waals surface area contributed by atoms with E-state index in [9.17, 15) is 0 Å². The highest BCUT2D eigenvalue weighted by atomic mass is 15.1. The fourth-order valence-electron chi connectivity index (χ4n) is 8.07. The summed E-state index contributed by atoms with van der Waals surface area (Å²) in [6.07, 6.45) is 5.47. The molecule has 0 aliphatic heterocycles. The van der Waals surface area contributed by atoms with E-state index in [0.717, 1.165) is 11.8 Å². The summed E-state index contributed by atoms with van der Waals surface area (Å²) in [5.74, 6) is 1.63. The number of nitrogens with zero attached hydrogens (tertiary/aromatic N) is 1. The Kier molecular flexibility index (Phi) is 4.88. The van der Waals surface area contributed by atoms with Crippen molar-refractivity contribution in [3.63, 3.8) is 0 Å². The Labute approximate surface area is 225 Å². The zero-order valence-corrected chi connectivity index (χ0v) is 21.6. The highest BCUT2D eigenvalue weighted by molar-refractivity contribution is 5.95. The molecule has 1 heteroatoms. The Bertz CT molecular complexity index is 1640. The van der Waals surface area contributed by atoms with E-state index in [2.05, 4.69) is 132 Å². The first-order valence-electron chi connectivity index (χ1n) is 14.1.